The molecular formula is C14H22N4O. The Bertz CT molecular complexity index is 484. The Morgan fingerprint density at radius 3 is 2.47 bits per heavy atom. The molecule has 0 aromatic carbocycles. The average Bonchev–Trinajstić information content (AvgIpc) is 3.22. The summed E-state index contributed by atoms with van der Waals surface area (Å²) in [5, 5.41) is 16.3. The zero-order valence-corrected chi connectivity index (χ0v) is 11.8. The molecule has 19 heavy (non-hydrogen) atoms. The predicted molar refractivity (Wildman–Crippen MR) is 75.4 cm³/mol. The largest absolute Gasteiger partial charge is 0.392 e. The van der Waals surface area contributed by atoms with Crippen molar-refractivity contribution < 1.29 is 5.11 Å². The van der Waals surface area contributed by atoms with E-state index in [1.165, 1.54) is 12.8 Å². The summed E-state index contributed by atoms with van der Waals surface area (Å²) >= 11 is 0. The summed E-state index contributed by atoms with van der Waals surface area (Å²) < 4.78 is 0. The average molecular weight is 262 g/mol. The first-order valence-corrected chi connectivity index (χ1v) is 7.02. The molecule has 2 unspecified atom stereocenters. The molecule has 1 heterocycles. The molecule has 1 aromatic heterocycles. The highest BCUT2D eigenvalue weighted by molar-refractivity contribution is 5.49. The van der Waals surface area contributed by atoms with Crippen molar-refractivity contribution in [3.63, 3.8) is 0 Å². The van der Waals surface area contributed by atoms with Gasteiger partial charge in [0.15, 0.2) is 0 Å². The molecule has 2 atom stereocenters. The maximum atomic E-state index is 9.79. The quantitative estimate of drug-likeness (QED) is 0.774. The molecule has 0 radical (unpaired) electrons. The topological polar surface area (TPSA) is 70.1 Å². The van der Waals surface area contributed by atoms with Gasteiger partial charge in [0.1, 0.15) is 17.5 Å². The van der Waals surface area contributed by atoms with Crippen molar-refractivity contribution in [2.24, 2.45) is 5.41 Å². The molecule has 0 aliphatic heterocycles. The Balaban J connectivity index is 1.79. The molecule has 0 spiro atoms. The molecule has 1 aromatic rings. The first-order chi connectivity index (χ1) is 9.00. The maximum Gasteiger partial charge on any atom is 0.136 e. The summed E-state index contributed by atoms with van der Waals surface area (Å²) in [5.41, 5.74) is -0.0928. The number of nitrogens with one attached hydrogen (secondary N) is 2. The highest BCUT2D eigenvalue weighted by Crippen LogP contribution is 2.43. The summed E-state index contributed by atoms with van der Waals surface area (Å²) in [6, 6.07) is 2.21. The minimum absolute atomic E-state index is 0.0928. The minimum atomic E-state index is -0.224. The molecule has 0 bridgehead atoms. The standard InChI is InChI=1S/C14H22N4O/c1-14(2)9(6-10(14)19)16-12-7-11(15-3)17-13(18-12)8-4-5-8/h7-10,19H,4-6H2,1-3H3,(H2,15,16,17,18). The van der Waals surface area contributed by atoms with Crippen molar-refractivity contribution in [3.8, 4) is 0 Å². The smallest absolute Gasteiger partial charge is 0.136 e. The zero-order valence-electron chi connectivity index (χ0n) is 11.8. The normalized spacial score (nSPS) is 28.6. The second kappa shape index (κ2) is 4.34. The van der Waals surface area contributed by atoms with Gasteiger partial charge in [-0.2, -0.15) is 0 Å². The van der Waals surface area contributed by atoms with E-state index in [0.717, 1.165) is 23.9 Å². The van der Waals surface area contributed by atoms with Gasteiger partial charge in [0.25, 0.3) is 0 Å². The molecule has 3 N–H and O–H groups in total. The fourth-order valence-corrected chi connectivity index (χ4v) is 2.52. The lowest BCUT2D eigenvalue weighted by atomic mass is 9.64. The minimum Gasteiger partial charge on any atom is -0.392 e. The monoisotopic (exact) mass is 262 g/mol. The van der Waals surface area contributed by atoms with E-state index in [1.807, 2.05) is 13.1 Å². The first kappa shape index (κ1) is 12.7. The number of aliphatic hydroxyl groups excluding tert-OH is 1. The lowest BCUT2D eigenvalue weighted by molar-refractivity contribution is -0.0511. The van der Waals surface area contributed by atoms with E-state index in [9.17, 15) is 5.11 Å². The molecule has 2 fully saturated rings. The lowest BCUT2D eigenvalue weighted by Gasteiger charge is -2.49. The van der Waals surface area contributed by atoms with Crippen LogP contribution >= 0.6 is 0 Å². The molecule has 0 amide bonds. The van der Waals surface area contributed by atoms with E-state index in [0.29, 0.717) is 5.92 Å². The van der Waals surface area contributed by atoms with Gasteiger partial charge in [-0.3, -0.25) is 0 Å². The van der Waals surface area contributed by atoms with Gasteiger partial charge < -0.3 is 15.7 Å². The molecular weight excluding hydrogens is 240 g/mol. The van der Waals surface area contributed by atoms with Crippen molar-refractivity contribution in [1.29, 1.82) is 0 Å². The molecule has 2 aliphatic rings. The highest BCUT2D eigenvalue weighted by Gasteiger charge is 2.47. The van der Waals surface area contributed by atoms with Crippen LogP contribution in [0.15, 0.2) is 6.07 Å². The van der Waals surface area contributed by atoms with Gasteiger partial charge in [0, 0.05) is 30.5 Å². The number of rotatable bonds is 4. The first-order valence-electron chi connectivity index (χ1n) is 7.02. The molecule has 2 saturated carbocycles. The van der Waals surface area contributed by atoms with Gasteiger partial charge in [-0.15, -0.1) is 0 Å². The number of hydrogen-bond acceptors (Lipinski definition) is 5. The van der Waals surface area contributed by atoms with Crippen LogP contribution in [0, 0.1) is 5.41 Å². The van der Waals surface area contributed by atoms with Gasteiger partial charge in [-0.25, -0.2) is 9.97 Å². The van der Waals surface area contributed by atoms with Gasteiger partial charge in [0.05, 0.1) is 6.10 Å². The second-order valence-corrected chi connectivity index (χ2v) is 6.29. The Kier molecular flexibility index (Phi) is 2.89. The molecule has 5 heteroatoms. The van der Waals surface area contributed by atoms with Crippen LogP contribution in [0.2, 0.25) is 0 Å². The fourth-order valence-electron chi connectivity index (χ4n) is 2.52. The van der Waals surface area contributed by atoms with Crippen LogP contribution in [0.5, 0.6) is 0 Å². The third kappa shape index (κ3) is 2.27. The SMILES string of the molecule is CNc1cc(NC2CC(O)C2(C)C)nc(C2CC2)n1. The zero-order chi connectivity index (χ0) is 13.6. The Labute approximate surface area is 113 Å². The Morgan fingerprint density at radius 1 is 1.26 bits per heavy atom. The third-order valence-electron chi connectivity index (χ3n) is 4.48. The number of aromatic nitrogens is 2. The van der Waals surface area contributed by atoms with Gasteiger partial charge in [0.2, 0.25) is 0 Å². The number of hydrogen-bond donors (Lipinski definition) is 3. The van der Waals surface area contributed by atoms with E-state index >= 15 is 0 Å². The van der Waals surface area contributed by atoms with Crippen molar-refractivity contribution in [2.75, 3.05) is 17.7 Å². The lowest BCUT2D eigenvalue weighted by Crippen LogP contribution is -2.57. The maximum absolute atomic E-state index is 9.79. The van der Waals surface area contributed by atoms with Crippen LogP contribution in [0.1, 0.15) is 44.9 Å². The Hall–Kier alpha value is -1.36. The number of nitrogens with zero attached hydrogens (tertiary/aromatic N) is 2. The van der Waals surface area contributed by atoms with Crippen LogP contribution in [0.25, 0.3) is 0 Å². The summed E-state index contributed by atoms with van der Waals surface area (Å²) in [4.78, 5) is 9.12. The summed E-state index contributed by atoms with van der Waals surface area (Å²) in [5.74, 6) is 3.20. The van der Waals surface area contributed by atoms with Gasteiger partial charge >= 0.3 is 0 Å². The van der Waals surface area contributed by atoms with Crippen molar-refractivity contribution >= 4 is 11.6 Å². The fraction of sp³-hybridized carbons (Fsp3) is 0.714. The number of aliphatic hydroxyl groups is 1. The van der Waals surface area contributed by atoms with Gasteiger partial charge in [-0.1, -0.05) is 13.8 Å². The molecule has 2 aliphatic carbocycles. The molecule has 5 nitrogen and oxygen atoms in total. The van der Waals surface area contributed by atoms with E-state index in [2.05, 4.69) is 34.4 Å². The van der Waals surface area contributed by atoms with Crippen LogP contribution < -0.4 is 10.6 Å². The molecule has 104 valence electrons. The second-order valence-electron chi connectivity index (χ2n) is 6.29. The molecule has 3 rings (SSSR count). The summed E-state index contributed by atoms with van der Waals surface area (Å²) in [7, 11) is 1.87. The van der Waals surface area contributed by atoms with Crippen LogP contribution in [0.3, 0.4) is 0 Å². The van der Waals surface area contributed by atoms with E-state index in [4.69, 9.17) is 0 Å². The molecule has 0 saturated heterocycles. The van der Waals surface area contributed by atoms with Crippen molar-refractivity contribution in [1.82, 2.24) is 9.97 Å². The third-order valence-corrected chi connectivity index (χ3v) is 4.48. The highest BCUT2D eigenvalue weighted by atomic mass is 16.3. The van der Waals surface area contributed by atoms with E-state index in [-0.39, 0.29) is 17.6 Å². The van der Waals surface area contributed by atoms with Crippen molar-refractivity contribution in [3.05, 3.63) is 11.9 Å². The van der Waals surface area contributed by atoms with Gasteiger partial charge in [-0.05, 0) is 19.3 Å². The summed E-state index contributed by atoms with van der Waals surface area (Å²) in [6.07, 6.45) is 2.95. The Morgan fingerprint density at radius 2 is 1.95 bits per heavy atom. The van der Waals surface area contributed by atoms with Crippen LogP contribution in [-0.2, 0) is 0 Å². The van der Waals surface area contributed by atoms with E-state index in [1.54, 1.807) is 0 Å². The van der Waals surface area contributed by atoms with Crippen LogP contribution in [-0.4, -0.2) is 34.3 Å². The van der Waals surface area contributed by atoms with Crippen LogP contribution in [0.4, 0.5) is 11.6 Å². The summed E-state index contributed by atoms with van der Waals surface area (Å²) in [6.45, 7) is 4.17. The van der Waals surface area contributed by atoms with Crippen molar-refractivity contribution in [2.45, 2.75) is 51.2 Å². The number of anilines is 2. The van der Waals surface area contributed by atoms with E-state index < -0.39 is 0 Å². The predicted octanol–water partition coefficient (Wildman–Crippen LogP) is 1.97.